The van der Waals surface area contributed by atoms with E-state index in [0.29, 0.717) is 12.0 Å². The van der Waals surface area contributed by atoms with Gasteiger partial charge in [0.15, 0.2) is 0 Å². The van der Waals surface area contributed by atoms with Crippen LogP contribution in [0.25, 0.3) is 0 Å². The molecule has 9 nitrogen and oxygen atoms in total. The summed E-state index contributed by atoms with van der Waals surface area (Å²) in [4.78, 5) is 48.3. The molecule has 4 N–H and O–H groups in total. The maximum absolute atomic E-state index is 12.6. The number of hydrogen-bond donors (Lipinski definition) is 4. The van der Waals surface area contributed by atoms with E-state index in [1.54, 1.807) is 51.1 Å². The molecule has 0 saturated heterocycles. The molecular formula is C21H31N3O6. The van der Waals surface area contributed by atoms with Gasteiger partial charge in [-0.2, -0.15) is 0 Å². The van der Waals surface area contributed by atoms with Crippen molar-refractivity contribution < 1.29 is 29.0 Å². The van der Waals surface area contributed by atoms with Gasteiger partial charge in [0.05, 0.1) is 0 Å². The third-order valence-electron chi connectivity index (χ3n) is 3.83. The van der Waals surface area contributed by atoms with E-state index < -0.39 is 41.6 Å². The van der Waals surface area contributed by atoms with E-state index in [0.717, 1.165) is 0 Å². The minimum atomic E-state index is -1.38. The van der Waals surface area contributed by atoms with E-state index in [4.69, 9.17) is 4.74 Å². The molecule has 2 atom stereocenters. The summed E-state index contributed by atoms with van der Waals surface area (Å²) in [5, 5.41) is 16.7. The van der Waals surface area contributed by atoms with Gasteiger partial charge in [-0.25, -0.2) is 9.59 Å². The van der Waals surface area contributed by atoms with Crippen LogP contribution in [0.3, 0.4) is 0 Å². The minimum absolute atomic E-state index is 0.104. The normalized spacial score (nSPS) is 13.1. The molecule has 1 aromatic carbocycles. The number of aliphatic carboxylic acids is 1. The Labute approximate surface area is 176 Å². The molecule has 166 valence electrons. The zero-order valence-corrected chi connectivity index (χ0v) is 18.0. The lowest BCUT2D eigenvalue weighted by atomic mass is 10.0. The molecule has 0 aliphatic rings. The molecule has 0 unspecified atom stereocenters. The van der Waals surface area contributed by atoms with Crippen molar-refractivity contribution in [3.63, 3.8) is 0 Å². The summed E-state index contributed by atoms with van der Waals surface area (Å²) >= 11 is 0. The molecule has 0 heterocycles. The van der Waals surface area contributed by atoms with Gasteiger partial charge >= 0.3 is 12.1 Å². The second kappa shape index (κ2) is 11.2. The summed E-state index contributed by atoms with van der Waals surface area (Å²) in [6, 6.07) is 6.23. The van der Waals surface area contributed by atoms with Crippen molar-refractivity contribution in [2.24, 2.45) is 5.92 Å². The Kier molecular flexibility index (Phi) is 9.29. The summed E-state index contributed by atoms with van der Waals surface area (Å²) in [5.74, 6) is -2.16. The molecule has 0 bridgehead atoms. The molecule has 0 radical (unpaired) electrons. The van der Waals surface area contributed by atoms with E-state index in [1.807, 2.05) is 13.8 Å². The summed E-state index contributed by atoms with van der Waals surface area (Å²) in [6.07, 6.45) is -0.540. The topological polar surface area (TPSA) is 134 Å². The maximum Gasteiger partial charge on any atom is 0.408 e. The van der Waals surface area contributed by atoms with Crippen molar-refractivity contribution in [3.05, 3.63) is 35.9 Å². The second-order valence-electron chi connectivity index (χ2n) is 8.30. The zero-order valence-electron chi connectivity index (χ0n) is 18.0. The summed E-state index contributed by atoms with van der Waals surface area (Å²) in [5.41, 5.74) is -0.380. The molecule has 0 fully saturated rings. The molecule has 0 saturated carbocycles. The quantitative estimate of drug-likeness (QED) is 0.481. The summed E-state index contributed by atoms with van der Waals surface area (Å²) in [7, 11) is 0. The molecule has 0 spiro atoms. The minimum Gasteiger partial charge on any atom is -0.480 e. The standard InChI is InChI=1S/C21H31N3O6/c1-13(2)11-15(23-17(25)14-9-7-6-8-10-14)18(26)22-12-16(19(27)28)24-20(29)30-21(3,4)5/h6-10,13,15-16H,11-12H2,1-5H3,(H,22,26)(H,23,25)(H,24,29)(H,27,28)/t15-,16-/m0/s1. The van der Waals surface area contributed by atoms with Crippen LogP contribution in [0.4, 0.5) is 4.79 Å². The average molecular weight is 421 g/mol. The number of hydrogen-bond acceptors (Lipinski definition) is 5. The number of carbonyl (C=O) groups is 4. The first-order valence-corrected chi connectivity index (χ1v) is 9.75. The smallest absolute Gasteiger partial charge is 0.408 e. The lowest BCUT2D eigenvalue weighted by Gasteiger charge is -2.23. The number of alkyl carbamates (subject to hydrolysis) is 1. The molecule has 0 aromatic heterocycles. The zero-order chi connectivity index (χ0) is 22.9. The van der Waals surface area contributed by atoms with Gasteiger partial charge in [-0.05, 0) is 45.2 Å². The largest absolute Gasteiger partial charge is 0.480 e. The van der Waals surface area contributed by atoms with Crippen molar-refractivity contribution in [2.75, 3.05) is 6.54 Å². The number of ether oxygens (including phenoxy) is 1. The molecular weight excluding hydrogens is 390 g/mol. The fourth-order valence-electron chi connectivity index (χ4n) is 2.51. The number of carbonyl (C=O) groups excluding carboxylic acids is 3. The van der Waals surface area contributed by atoms with Crippen LogP contribution in [0.2, 0.25) is 0 Å². The van der Waals surface area contributed by atoms with Crippen LogP contribution in [0.15, 0.2) is 30.3 Å². The van der Waals surface area contributed by atoms with Gasteiger partial charge in [-0.3, -0.25) is 9.59 Å². The third kappa shape index (κ3) is 9.40. The lowest BCUT2D eigenvalue weighted by molar-refractivity contribution is -0.139. The van der Waals surface area contributed by atoms with Crippen molar-refractivity contribution in [3.8, 4) is 0 Å². The first kappa shape index (κ1) is 24.9. The molecule has 3 amide bonds. The molecule has 9 heteroatoms. The summed E-state index contributed by atoms with van der Waals surface area (Å²) < 4.78 is 5.04. The van der Waals surface area contributed by atoms with Gasteiger partial charge in [-0.1, -0.05) is 32.0 Å². The number of carboxylic acids is 1. The predicted octanol–water partition coefficient (Wildman–Crippen LogP) is 1.93. The first-order chi connectivity index (χ1) is 13.9. The highest BCUT2D eigenvalue weighted by atomic mass is 16.6. The van der Waals surface area contributed by atoms with Crippen molar-refractivity contribution in [1.82, 2.24) is 16.0 Å². The van der Waals surface area contributed by atoms with Gasteiger partial charge in [0, 0.05) is 12.1 Å². The maximum atomic E-state index is 12.6. The Balaban J connectivity index is 2.75. The van der Waals surface area contributed by atoms with Gasteiger partial charge < -0.3 is 25.8 Å². The van der Waals surface area contributed by atoms with Gasteiger partial charge in [0.25, 0.3) is 5.91 Å². The lowest BCUT2D eigenvalue weighted by Crippen LogP contribution is -2.53. The van der Waals surface area contributed by atoms with Crippen molar-refractivity contribution >= 4 is 23.9 Å². The van der Waals surface area contributed by atoms with Crippen LogP contribution in [0, 0.1) is 5.92 Å². The number of carboxylic acid groups (broad SMARTS) is 1. The summed E-state index contributed by atoms with van der Waals surface area (Å²) in [6.45, 7) is 8.39. The molecule has 1 aromatic rings. The van der Waals surface area contributed by atoms with Gasteiger partial charge in [-0.15, -0.1) is 0 Å². The van der Waals surface area contributed by atoms with E-state index >= 15 is 0 Å². The van der Waals surface area contributed by atoms with Crippen LogP contribution in [-0.4, -0.2) is 53.2 Å². The van der Waals surface area contributed by atoms with E-state index in [1.165, 1.54) is 0 Å². The molecule has 0 aliphatic carbocycles. The Morgan fingerprint density at radius 3 is 2.10 bits per heavy atom. The van der Waals surface area contributed by atoms with Crippen molar-refractivity contribution in [1.29, 1.82) is 0 Å². The van der Waals surface area contributed by atoms with Crippen molar-refractivity contribution in [2.45, 2.75) is 58.7 Å². The Morgan fingerprint density at radius 2 is 1.60 bits per heavy atom. The average Bonchev–Trinajstić information content (AvgIpc) is 2.62. The highest BCUT2D eigenvalue weighted by molar-refractivity contribution is 5.97. The van der Waals surface area contributed by atoms with Crippen LogP contribution in [0.1, 0.15) is 51.4 Å². The third-order valence-corrected chi connectivity index (χ3v) is 3.83. The predicted molar refractivity (Wildman–Crippen MR) is 111 cm³/mol. The van der Waals surface area contributed by atoms with E-state index in [-0.39, 0.29) is 12.5 Å². The number of amides is 3. The molecule has 1 rings (SSSR count). The SMILES string of the molecule is CC(C)C[C@H](NC(=O)c1ccccc1)C(=O)NC[C@H](NC(=O)OC(C)(C)C)C(=O)O. The van der Waals surface area contributed by atoms with Crippen LogP contribution in [-0.2, 0) is 14.3 Å². The fourth-order valence-corrected chi connectivity index (χ4v) is 2.51. The number of rotatable bonds is 9. The Hall–Kier alpha value is -3.10. The fraction of sp³-hybridized carbons (Fsp3) is 0.524. The van der Waals surface area contributed by atoms with Crippen LogP contribution < -0.4 is 16.0 Å². The highest BCUT2D eigenvalue weighted by Crippen LogP contribution is 2.08. The molecule has 30 heavy (non-hydrogen) atoms. The Bertz CT molecular complexity index is 743. The van der Waals surface area contributed by atoms with E-state index in [2.05, 4.69) is 16.0 Å². The molecule has 0 aliphatic heterocycles. The first-order valence-electron chi connectivity index (χ1n) is 9.75. The second-order valence-corrected chi connectivity index (χ2v) is 8.30. The van der Waals surface area contributed by atoms with Gasteiger partial charge in [0.1, 0.15) is 17.7 Å². The van der Waals surface area contributed by atoms with Crippen LogP contribution >= 0.6 is 0 Å². The van der Waals surface area contributed by atoms with Gasteiger partial charge in [0.2, 0.25) is 5.91 Å². The Morgan fingerprint density at radius 1 is 1.00 bits per heavy atom. The number of benzene rings is 1. The van der Waals surface area contributed by atoms with E-state index in [9.17, 15) is 24.3 Å². The highest BCUT2D eigenvalue weighted by Gasteiger charge is 2.27. The monoisotopic (exact) mass is 421 g/mol. The van der Waals surface area contributed by atoms with Crippen LogP contribution in [0.5, 0.6) is 0 Å². The number of nitrogens with one attached hydrogen (secondary N) is 3.